The van der Waals surface area contributed by atoms with Crippen LogP contribution in [0.5, 0.6) is 0 Å². The Labute approximate surface area is 68.0 Å². The SMILES string of the molecule is O=c1ccc2cncn(O)c-2c1. The van der Waals surface area contributed by atoms with E-state index < -0.39 is 0 Å². The third-order valence-corrected chi connectivity index (χ3v) is 1.64. The first-order valence-corrected chi connectivity index (χ1v) is 3.43. The fourth-order valence-electron chi connectivity index (χ4n) is 1.07. The summed E-state index contributed by atoms with van der Waals surface area (Å²) in [6.45, 7) is 0. The van der Waals surface area contributed by atoms with Gasteiger partial charge in [0.25, 0.3) is 0 Å². The van der Waals surface area contributed by atoms with Crippen LogP contribution >= 0.6 is 0 Å². The van der Waals surface area contributed by atoms with Crippen LogP contribution in [-0.4, -0.2) is 14.9 Å². The third kappa shape index (κ3) is 0.934. The van der Waals surface area contributed by atoms with Crippen LogP contribution in [-0.2, 0) is 0 Å². The van der Waals surface area contributed by atoms with E-state index in [1.807, 2.05) is 0 Å². The number of fused-ring (bicyclic) bond motifs is 1. The van der Waals surface area contributed by atoms with Crippen molar-refractivity contribution in [1.29, 1.82) is 0 Å². The first kappa shape index (κ1) is 6.84. The summed E-state index contributed by atoms with van der Waals surface area (Å²) in [5.74, 6) is 0. The zero-order chi connectivity index (χ0) is 8.55. The second-order valence-corrected chi connectivity index (χ2v) is 2.46. The molecule has 60 valence electrons. The summed E-state index contributed by atoms with van der Waals surface area (Å²) in [5, 5.41) is 9.21. The molecular formula is C8H6N2O2. The Morgan fingerprint density at radius 1 is 1.42 bits per heavy atom. The van der Waals surface area contributed by atoms with E-state index >= 15 is 0 Å². The summed E-state index contributed by atoms with van der Waals surface area (Å²) in [4.78, 5) is 14.6. The minimum absolute atomic E-state index is 0.128. The highest BCUT2D eigenvalue weighted by Gasteiger charge is 2.04. The maximum Gasteiger partial charge on any atom is 0.180 e. The number of benzene rings is 1. The molecular weight excluding hydrogens is 156 g/mol. The van der Waals surface area contributed by atoms with Crippen molar-refractivity contribution in [1.82, 2.24) is 9.71 Å². The summed E-state index contributed by atoms with van der Waals surface area (Å²) in [5.41, 5.74) is 1.08. The highest BCUT2D eigenvalue weighted by Crippen LogP contribution is 2.15. The molecule has 12 heavy (non-hydrogen) atoms. The largest absolute Gasteiger partial charge is 0.427 e. The van der Waals surface area contributed by atoms with Crippen molar-refractivity contribution < 1.29 is 5.21 Å². The zero-order valence-corrected chi connectivity index (χ0v) is 6.14. The van der Waals surface area contributed by atoms with E-state index in [0.29, 0.717) is 5.69 Å². The van der Waals surface area contributed by atoms with Crippen molar-refractivity contribution >= 4 is 0 Å². The van der Waals surface area contributed by atoms with Crippen LogP contribution < -0.4 is 5.43 Å². The second-order valence-electron chi connectivity index (χ2n) is 2.46. The van der Waals surface area contributed by atoms with Crippen LogP contribution in [0, 0.1) is 0 Å². The Morgan fingerprint density at radius 2 is 2.25 bits per heavy atom. The lowest BCUT2D eigenvalue weighted by molar-refractivity contribution is 0.185. The third-order valence-electron chi connectivity index (χ3n) is 1.64. The molecule has 1 heterocycles. The molecule has 0 aromatic rings. The Balaban J connectivity index is 2.87. The van der Waals surface area contributed by atoms with E-state index in [-0.39, 0.29) is 5.43 Å². The van der Waals surface area contributed by atoms with Gasteiger partial charge in [0.1, 0.15) is 6.33 Å². The van der Waals surface area contributed by atoms with Gasteiger partial charge >= 0.3 is 0 Å². The van der Waals surface area contributed by atoms with Gasteiger partial charge in [-0.3, -0.25) is 4.79 Å². The molecule has 0 bridgehead atoms. The molecule has 1 aliphatic carbocycles. The summed E-state index contributed by atoms with van der Waals surface area (Å²) in [7, 11) is 0. The number of rotatable bonds is 0. The van der Waals surface area contributed by atoms with E-state index in [4.69, 9.17) is 0 Å². The van der Waals surface area contributed by atoms with Crippen LogP contribution in [0.25, 0.3) is 11.3 Å². The Hall–Kier alpha value is -1.84. The lowest BCUT2D eigenvalue weighted by atomic mass is 10.1. The molecule has 0 spiro atoms. The van der Waals surface area contributed by atoms with Crippen molar-refractivity contribution in [2.24, 2.45) is 0 Å². The number of hydrogen-bond donors (Lipinski definition) is 1. The number of nitrogens with zero attached hydrogens (tertiary/aromatic N) is 2. The van der Waals surface area contributed by atoms with Gasteiger partial charge in [-0.2, -0.15) is 4.73 Å². The summed E-state index contributed by atoms with van der Waals surface area (Å²) in [6, 6.07) is 4.42. The van der Waals surface area contributed by atoms with Gasteiger partial charge in [0.2, 0.25) is 0 Å². The van der Waals surface area contributed by atoms with Gasteiger partial charge in [-0.25, -0.2) is 4.98 Å². The molecule has 0 aromatic carbocycles. The van der Waals surface area contributed by atoms with Crippen LogP contribution in [0.1, 0.15) is 0 Å². The Bertz CT molecular complexity index is 436. The van der Waals surface area contributed by atoms with E-state index in [1.54, 1.807) is 12.3 Å². The van der Waals surface area contributed by atoms with Crippen LogP contribution in [0.3, 0.4) is 0 Å². The van der Waals surface area contributed by atoms with Crippen LogP contribution in [0.4, 0.5) is 0 Å². The van der Waals surface area contributed by atoms with Crippen molar-refractivity contribution in [2.45, 2.75) is 0 Å². The molecule has 0 aromatic heterocycles. The predicted octanol–water partition coefficient (Wildman–Crippen LogP) is 0.585. The molecule has 4 heteroatoms. The molecule has 0 radical (unpaired) electrons. The summed E-state index contributed by atoms with van der Waals surface area (Å²) < 4.78 is 0.830. The van der Waals surface area contributed by atoms with Gasteiger partial charge in [-0.15, -0.1) is 0 Å². The highest BCUT2D eigenvalue weighted by atomic mass is 16.5. The monoisotopic (exact) mass is 162 g/mol. The fourth-order valence-corrected chi connectivity index (χ4v) is 1.07. The molecule has 4 nitrogen and oxygen atoms in total. The minimum Gasteiger partial charge on any atom is -0.427 e. The van der Waals surface area contributed by atoms with E-state index in [1.165, 1.54) is 18.5 Å². The smallest absolute Gasteiger partial charge is 0.180 e. The standard InChI is InChI=1S/C8H6N2O2/c11-7-2-1-6-4-9-5-10(12)8(6)3-7/h1-5,12H. The molecule has 0 unspecified atom stereocenters. The second kappa shape index (κ2) is 2.34. The normalized spacial score (nSPS) is 10.3. The van der Waals surface area contributed by atoms with Crippen molar-refractivity contribution in [3.05, 3.63) is 40.9 Å². The molecule has 1 N–H and O–H groups in total. The lowest BCUT2D eigenvalue weighted by Crippen LogP contribution is -2.05. The van der Waals surface area contributed by atoms with Gasteiger partial charge in [0.05, 0.1) is 5.69 Å². The van der Waals surface area contributed by atoms with Crippen molar-refractivity contribution in [3.8, 4) is 11.3 Å². The van der Waals surface area contributed by atoms with Gasteiger partial charge in [-0.1, -0.05) is 0 Å². The summed E-state index contributed by atoms with van der Waals surface area (Å²) in [6.07, 6.45) is 2.82. The summed E-state index contributed by atoms with van der Waals surface area (Å²) >= 11 is 0. The predicted molar refractivity (Wildman–Crippen MR) is 42.3 cm³/mol. The van der Waals surface area contributed by atoms with Gasteiger partial charge in [0.15, 0.2) is 5.43 Å². The maximum absolute atomic E-state index is 10.9. The van der Waals surface area contributed by atoms with E-state index in [0.717, 1.165) is 10.3 Å². The molecule has 0 fully saturated rings. The lowest BCUT2D eigenvalue weighted by Gasteiger charge is -2.06. The molecule has 1 aliphatic heterocycles. The quantitative estimate of drug-likeness (QED) is 0.576. The van der Waals surface area contributed by atoms with Crippen molar-refractivity contribution in [2.75, 3.05) is 0 Å². The molecule has 0 saturated carbocycles. The van der Waals surface area contributed by atoms with Crippen molar-refractivity contribution in [3.63, 3.8) is 0 Å². The Morgan fingerprint density at radius 3 is 3.08 bits per heavy atom. The van der Waals surface area contributed by atoms with E-state index in [2.05, 4.69) is 4.98 Å². The number of aromatic nitrogens is 2. The minimum atomic E-state index is -0.128. The maximum atomic E-state index is 10.9. The Kier molecular flexibility index (Phi) is 1.33. The van der Waals surface area contributed by atoms with Crippen LogP contribution in [0.15, 0.2) is 35.5 Å². The van der Waals surface area contributed by atoms with Gasteiger partial charge in [-0.05, 0) is 12.1 Å². The molecule has 0 amide bonds. The van der Waals surface area contributed by atoms with Gasteiger partial charge in [0, 0.05) is 17.8 Å². The first-order valence-electron chi connectivity index (χ1n) is 3.43. The van der Waals surface area contributed by atoms with E-state index in [9.17, 15) is 10.0 Å². The highest BCUT2D eigenvalue weighted by molar-refractivity contribution is 5.58. The first-order chi connectivity index (χ1) is 5.77. The van der Waals surface area contributed by atoms with Crippen LogP contribution in [0.2, 0.25) is 0 Å². The fraction of sp³-hybridized carbons (Fsp3) is 0. The molecule has 2 rings (SSSR count). The number of hydrogen-bond acceptors (Lipinski definition) is 3. The molecule has 0 saturated heterocycles. The topological polar surface area (TPSA) is 55.1 Å². The van der Waals surface area contributed by atoms with Gasteiger partial charge < -0.3 is 5.21 Å². The molecule has 2 aliphatic rings. The average molecular weight is 162 g/mol. The zero-order valence-electron chi connectivity index (χ0n) is 6.14. The average Bonchev–Trinajstić information content (AvgIpc) is 2.07. The molecule has 0 atom stereocenters.